The van der Waals surface area contributed by atoms with Gasteiger partial charge in [0.2, 0.25) is 5.88 Å². The zero-order valence-electron chi connectivity index (χ0n) is 30.7. The van der Waals surface area contributed by atoms with Crippen LogP contribution >= 0.6 is 0 Å². The molecule has 0 aliphatic heterocycles. The van der Waals surface area contributed by atoms with Gasteiger partial charge >= 0.3 is 0 Å². The minimum absolute atomic E-state index is 0.00262. The van der Waals surface area contributed by atoms with E-state index < -0.39 is 0 Å². The fourth-order valence-electron chi connectivity index (χ4n) is 6.84. The average Bonchev–Trinajstić information content (AvgIpc) is 3.70. The van der Waals surface area contributed by atoms with Gasteiger partial charge in [0.05, 0.1) is 28.1 Å². The molecule has 4 aromatic heterocycles. The molecule has 0 spiro atoms. The quantitative estimate of drug-likeness (QED) is 0.176. The average molecular weight is 662 g/mol. The summed E-state index contributed by atoms with van der Waals surface area (Å²) in [4.78, 5) is 9.75. The van der Waals surface area contributed by atoms with Gasteiger partial charge in [0, 0.05) is 34.7 Å². The molecule has 3 aromatic carbocycles. The van der Waals surface area contributed by atoms with E-state index in [4.69, 9.17) is 19.8 Å². The van der Waals surface area contributed by atoms with Crippen molar-refractivity contribution in [3.05, 3.63) is 119 Å². The van der Waals surface area contributed by atoms with Crippen molar-refractivity contribution in [3.8, 4) is 40.1 Å². The Hall–Kier alpha value is -5.23. The fraction of sp³-hybridized carbons (Fsp3) is 0.295. The first-order valence-corrected chi connectivity index (χ1v) is 17.8. The van der Waals surface area contributed by atoms with Crippen LogP contribution in [0.4, 0.5) is 0 Å². The molecule has 0 aliphatic carbocycles. The number of benzene rings is 3. The van der Waals surface area contributed by atoms with Crippen LogP contribution in [-0.4, -0.2) is 24.7 Å². The third-order valence-corrected chi connectivity index (χ3v) is 9.67. The molecule has 6 heteroatoms. The van der Waals surface area contributed by atoms with Gasteiger partial charge in [-0.15, -0.1) is 0 Å². The maximum absolute atomic E-state index is 6.46. The summed E-state index contributed by atoms with van der Waals surface area (Å²) in [7, 11) is 0. The van der Waals surface area contributed by atoms with E-state index in [1.165, 1.54) is 33.2 Å². The van der Waals surface area contributed by atoms with Gasteiger partial charge in [-0.1, -0.05) is 98.7 Å². The van der Waals surface area contributed by atoms with E-state index in [-0.39, 0.29) is 5.41 Å². The first-order valence-electron chi connectivity index (χ1n) is 17.8. The Balaban J connectivity index is 1.25. The fourth-order valence-corrected chi connectivity index (χ4v) is 6.84. The lowest BCUT2D eigenvalue weighted by atomic mass is 9.83. The Morgan fingerprint density at radius 1 is 0.680 bits per heavy atom. The van der Waals surface area contributed by atoms with Gasteiger partial charge in [-0.25, -0.2) is 9.97 Å². The van der Waals surface area contributed by atoms with Crippen LogP contribution in [0.3, 0.4) is 0 Å². The standard InChI is InChI=1S/C44H47N5O/c1-26(2)29-21-34(27(3)4)43(35(22-29)28(5)6)38-25-37(47-48-38)36-14-12-16-42(46-36)50-31-17-18-33-32-13-10-11-15-39(32)49(40(33)24-31)41-23-30(19-20-45-41)44(7,8)9/h10-28H,1-9H3,(H,47,48). The van der Waals surface area contributed by atoms with Gasteiger partial charge in [0.25, 0.3) is 0 Å². The molecule has 50 heavy (non-hydrogen) atoms. The number of para-hydroxylation sites is 1. The van der Waals surface area contributed by atoms with Crippen LogP contribution in [0.1, 0.15) is 102 Å². The highest BCUT2D eigenvalue weighted by molar-refractivity contribution is 6.09. The number of nitrogens with zero attached hydrogens (tertiary/aromatic N) is 4. The van der Waals surface area contributed by atoms with Crippen LogP contribution in [0.15, 0.2) is 97.2 Å². The minimum atomic E-state index is 0.00262. The predicted molar refractivity (Wildman–Crippen MR) is 207 cm³/mol. The number of ether oxygens (including phenoxy) is 1. The molecule has 0 radical (unpaired) electrons. The van der Waals surface area contributed by atoms with Crippen molar-refractivity contribution in [1.29, 1.82) is 0 Å². The number of aromatic amines is 1. The third-order valence-electron chi connectivity index (χ3n) is 9.67. The third kappa shape index (κ3) is 6.19. The summed E-state index contributed by atoms with van der Waals surface area (Å²) in [5.74, 6) is 3.30. The van der Waals surface area contributed by atoms with E-state index in [1.807, 2.05) is 30.5 Å². The SMILES string of the molecule is CC(C)c1cc(C(C)C)c(-c2cc(-c3cccc(Oc4ccc5c6ccccc6n(-c6cc(C(C)(C)C)ccn6)c5c4)n3)[nH]n2)c(C(C)C)c1. The molecule has 1 N–H and O–H groups in total. The number of nitrogens with one attached hydrogen (secondary N) is 1. The summed E-state index contributed by atoms with van der Waals surface area (Å²) in [5, 5.41) is 10.4. The number of hydrogen-bond acceptors (Lipinski definition) is 4. The Labute approximate surface area is 295 Å². The zero-order valence-corrected chi connectivity index (χ0v) is 30.7. The van der Waals surface area contributed by atoms with Crippen LogP contribution in [0, 0.1) is 0 Å². The molecule has 7 rings (SSSR count). The topological polar surface area (TPSA) is 68.6 Å². The number of rotatable bonds is 8. The van der Waals surface area contributed by atoms with Gasteiger partial charge in [0.1, 0.15) is 11.6 Å². The van der Waals surface area contributed by atoms with Crippen molar-refractivity contribution in [1.82, 2.24) is 24.7 Å². The van der Waals surface area contributed by atoms with Crippen LogP contribution in [0.2, 0.25) is 0 Å². The van der Waals surface area contributed by atoms with Crippen molar-refractivity contribution in [3.63, 3.8) is 0 Å². The summed E-state index contributed by atoms with van der Waals surface area (Å²) in [6.07, 6.45) is 1.90. The smallest absolute Gasteiger partial charge is 0.219 e. The van der Waals surface area contributed by atoms with Gasteiger partial charge < -0.3 is 4.74 Å². The maximum Gasteiger partial charge on any atom is 0.219 e. The highest BCUT2D eigenvalue weighted by Gasteiger charge is 2.22. The number of aromatic nitrogens is 5. The molecule has 7 aromatic rings. The van der Waals surface area contributed by atoms with Crippen molar-refractivity contribution in [2.75, 3.05) is 0 Å². The van der Waals surface area contributed by atoms with Crippen molar-refractivity contribution >= 4 is 21.8 Å². The maximum atomic E-state index is 6.46. The molecular formula is C44H47N5O. The Morgan fingerprint density at radius 3 is 2.10 bits per heavy atom. The number of H-pyrrole nitrogens is 1. The van der Waals surface area contributed by atoms with E-state index in [2.05, 4.69) is 139 Å². The molecule has 4 heterocycles. The second kappa shape index (κ2) is 12.9. The van der Waals surface area contributed by atoms with E-state index in [1.54, 1.807) is 0 Å². The predicted octanol–water partition coefficient (Wildman–Crippen LogP) is 12.1. The second-order valence-electron chi connectivity index (χ2n) is 15.4. The Kier molecular flexibility index (Phi) is 8.59. The van der Waals surface area contributed by atoms with E-state index >= 15 is 0 Å². The van der Waals surface area contributed by atoms with Gasteiger partial charge in [0.15, 0.2) is 0 Å². The Morgan fingerprint density at radius 2 is 1.40 bits per heavy atom. The number of pyridine rings is 2. The van der Waals surface area contributed by atoms with Gasteiger partial charge in [-0.05, 0) is 87.9 Å². The van der Waals surface area contributed by atoms with Crippen molar-refractivity contribution in [2.45, 2.75) is 85.5 Å². The van der Waals surface area contributed by atoms with E-state index in [0.29, 0.717) is 29.4 Å². The lowest BCUT2D eigenvalue weighted by Gasteiger charge is -2.21. The molecule has 0 saturated heterocycles. The summed E-state index contributed by atoms with van der Waals surface area (Å²) < 4.78 is 8.69. The van der Waals surface area contributed by atoms with Crippen LogP contribution in [0.25, 0.3) is 50.3 Å². The van der Waals surface area contributed by atoms with E-state index in [0.717, 1.165) is 39.3 Å². The lowest BCUT2D eigenvalue weighted by molar-refractivity contribution is 0.464. The highest BCUT2D eigenvalue weighted by Crippen LogP contribution is 2.40. The van der Waals surface area contributed by atoms with Crippen molar-refractivity contribution in [2.24, 2.45) is 0 Å². The number of fused-ring (bicyclic) bond motifs is 3. The zero-order chi connectivity index (χ0) is 35.3. The van der Waals surface area contributed by atoms with Crippen LogP contribution in [0.5, 0.6) is 11.6 Å². The first kappa shape index (κ1) is 33.3. The summed E-state index contributed by atoms with van der Waals surface area (Å²) >= 11 is 0. The summed E-state index contributed by atoms with van der Waals surface area (Å²) in [5.41, 5.74) is 11.2. The molecule has 0 atom stereocenters. The molecular weight excluding hydrogens is 615 g/mol. The molecule has 0 bridgehead atoms. The molecule has 254 valence electrons. The monoisotopic (exact) mass is 661 g/mol. The second-order valence-corrected chi connectivity index (χ2v) is 15.4. The largest absolute Gasteiger partial charge is 0.439 e. The highest BCUT2D eigenvalue weighted by atomic mass is 16.5. The summed E-state index contributed by atoms with van der Waals surface area (Å²) in [6.45, 7) is 20.3. The molecule has 0 aliphatic rings. The molecule has 0 unspecified atom stereocenters. The first-order chi connectivity index (χ1) is 23.9. The molecule has 0 fully saturated rings. The minimum Gasteiger partial charge on any atom is -0.439 e. The van der Waals surface area contributed by atoms with Crippen molar-refractivity contribution < 1.29 is 4.74 Å². The number of hydrogen-bond donors (Lipinski definition) is 1. The van der Waals surface area contributed by atoms with E-state index in [9.17, 15) is 0 Å². The lowest BCUT2D eigenvalue weighted by Crippen LogP contribution is -2.12. The van der Waals surface area contributed by atoms with Crippen LogP contribution < -0.4 is 4.74 Å². The molecule has 6 nitrogen and oxygen atoms in total. The molecule has 0 amide bonds. The molecule has 0 saturated carbocycles. The van der Waals surface area contributed by atoms with Crippen LogP contribution in [-0.2, 0) is 5.41 Å². The Bertz CT molecular complexity index is 2300. The van der Waals surface area contributed by atoms with Gasteiger partial charge in [-0.2, -0.15) is 5.10 Å². The van der Waals surface area contributed by atoms with Gasteiger partial charge in [-0.3, -0.25) is 9.67 Å². The summed E-state index contributed by atoms with van der Waals surface area (Å²) in [6, 6.07) is 31.7. The normalized spacial score (nSPS) is 12.2.